The Hall–Kier alpha value is -0.860. The molecule has 0 aliphatic carbocycles. The Morgan fingerprint density at radius 1 is 0.633 bits per heavy atom. The third-order valence-corrected chi connectivity index (χ3v) is 6.23. The molecule has 0 saturated heterocycles. The van der Waals surface area contributed by atoms with Gasteiger partial charge in [0.05, 0.1) is 0 Å². The first-order valence-corrected chi connectivity index (χ1v) is 13.3. The molecule has 0 aromatic carbocycles. The van der Waals surface area contributed by atoms with E-state index in [-0.39, 0.29) is 11.8 Å². The van der Waals surface area contributed by atoms with Crippen LogP contribution in [0.15, 0.2) is 0 Å². The van der Waals surface area contributed by atoms with Crippen molar-refractivity contribution in [2.75, 3.05) is 0 Å². The SMILES string of the molecule is CCCCCCCCCCCCCCCC(=O)CCCCC[C@H](CC(C)C)C(N)=O. The van der Waals surface area contributed by atoms with Gasteiger partial charge in [0.2, 0.25) is 5.91 Å². The molecule has 3 nitrogen and oxygen atoms in total. The van der Waals surface area contributed by atoms with Crippen LogP contribution in [0.1, 0.15) is 149 Å². The van der Waals surface area contributed by atoms with Crippen molar-refractivity contribution in [3.63, 3.8) is 0 Å². The number of ketones is 1. The highest BCUT2D eigenvalue weighted by Crippen LogP contribution is 2.19. The summed E-state index contributed by atoms with van der Waals surface area (Å²) in [5, 5.41) is 0. The molecule has 0 rings (SSSR count). The number of hydrogen-bond acceptors (Lipinski definition) is 2. The maximum Gasteiger partial charge on any atom is 0.220 e. The van der Waals surface area contributed by atoms with Gasteiger partial charge in [-0.1, -0.05) is 111 Å². The van der Waals surface area contributed by atoms with E-state index in [0.717, 1.165) is 44.9 Å². The highest BCUT2D eigenvalue weighted by molar-refractivity contribution is 5.78. The van der Waals surface area contributed by atoms with Crippen LogP contribution in [0.4, 0.5) is 0 Å². The fraction of sp³-hybridized carbons (Fsp3) is 0.926. The summed E-state index contributed by atoms with van der Waals surface area (Å²) >= 11 is 0. The summed E-state index contributed by atoms with van der Waals surface area (Å²) in [6.07, 6.45) is 23.7. The maximum absolute atomic E-state index is 12.0. The summed E-state index contributed by atoms with van der Waals surface area (Å²) in [7, 11) is 0. The standard InChI is InChI=1S/C27H53NO2/c1-4-5-6-7-8-9-10-11-12-13-14-15-18-21-26(29)22-19-16-17-20-25(27(28)30)23-24(2)3/h24-25H,4-23H2,1-3H3,(H2,28,30)/t25-/m1/s1. The lowest BCUT2D eigenvalue weighted by atomic mass is 9.91. The second kappa shape index (κ2) is 21.4. The summed E-state index contributed by atoms with van der Waals surface area (Å²) in [6, 6.07) is 0. The molecule has 0 fully saturated rings. The van der Waals surface area contributed by atoms with Gasteiger partial charge >= 0.3 is 0 Å². The van der Waals surface area contributed by atoms with Crippen molar-refractivity contribution in [1.82, 2.24) is 0 Å². The van der Waals surface area contributed by atoms with Crippen LogP contribution >= 0.6 is 0 Å². The number of amides is 1. The Morgan fingerprint density at radius 3 is 1.43 bits per heavy atom. The van der Waals surface area contributed by atoms with Gasteiger partial charge in [0.1, 0.15) is 5.78 Å². The fourth-order valence-corrected chi connectivity index (χ4v) is 4.30. The molecule has 178 valence electrons. The van der Waals surface area contributed by atoms with Crippen molar-refractivity contribution in [1.29, 1.82) is 0 Å². The minimum Gasteiger partial charge on any atom is -0.369 e. The first-order valence-electron chi connectivity index (χ1n) is 13.3. The summed E-state index contributed by atoms with van der Waals surface area (Å²) in [5.41, 5.74) is 5.49. The predicted octanol–water partition coefficient (Wildman–Crippen LogP) is 8.13. The minimum atomic E-state index is -0.165. The minimum absolute atomic E-state index is 0.00602. The summed E-state index contributed by atoms with van der Waals surface area (Å²) < 4.78 is 0. The monoisotopic (exact) mass is 423 g/mol. The van der Waals surface area contributed by atoms with Crippen LogP contribution in [0, 0.1) is 11.8 Å². The third kappa shape index (κ3) is 20.4. The molecular formula is C27H53NO2. The molecule has 0 unspecified atom stereocenters. The van der Waals surface area contributed by atoms with Crippen LogP contribution in [0.2, 0.25) is 0 Å². The maximum atomic E-state index is 12.0. The highest BCUT2D eigenvalue weighted by atomic mass is 16.1. The van der Waals surface area contributed by atoms with Crippen LogP contribution < -0.4 is 5.73 Å². The quantitative estimate of drug-likeness (QED) is 0.169. The van der Waals surface area contributed by atoms with Gasteiger partial charge in [-0.25, -0.2) is 0 Å². The predicted molar refractivity (Wildman–Crippen MR) is 131 cm³/mol. The second-order valence-corrected chi connectivity index (χ2v) is 9.86. The Balaban J connectivity index is 3.39. The molecule has 0 aliphatic heterocycles. The van der Waals surface area contributed by atoms with Crippen molar-refractivity contribution in [3.05, 3.63) is 0 Å². The van der Waals surface area contributed by atoms with Crippen LogP contribution in [0.5, 0.6) is 0 Å². The largest absolute Gasteiger partial charge is 0.369 e. The lowest BCUT2D eigenvalue weighted by Gasteiger charge is -2.15. The molecule has 0 aliphatic rings. The number of Topliss-reactive ketones (excluding diaryl/α,β-unsaturated/α-hetero) is 1. The lowest BCUT2D eigenvalue weighted by molar-refractivity contribution is -0.122. The van der Waals surface area contributed by atoms with Crippen molar-refractivity contribution >= 4 is 11.7 Å². The van der Waals surface area contributed by atoms with Crippen LogP contribution in [0.3, 0.4) is 0 Å². The van der Waals surface area contributed by atoms with Gasteiger partial charge in [0, 0.05) is 18.8 Å². The zero-order valence-corrected chi connectivity index (χ0v) is 20.7. The van der Waals surface area contributed by atoms with Crippen LogP contribution in [0.25, 0.3) is 0 Å². The number of rotatable bonds is 23. The van der Waals surface area contributed by atoms with Crippen molar-refractivity contribution in [3.8, 4) is 0 Å². The van der Waals surface area contributed by atoms with Crippen molar-refractivity contribution in [2.24, 2.45) is 17.6 Å². The molecule has 3 heteroatoms. The van der Waals surface area contributed by atoms with E-state index in [1.165, 1.54) is 77.0 Å². The Kier molecular flexibility index (Phi) is 20.8. The number of primary amides is 1. The van der Waals surface area contributed by atoms with E-state index in [9.17, 15) is 9.59 Å². The van der Waals surface area contributed by atoms with Gasteiger partial charge in [0.15, 0.2) is 0 Å². The number of carbonyl (C=O) groups is 2. The third-order valence-electron chi connectivity index (χ3n) is 6.23. The van der Waals surface area contributed by atoms with Crippen molar-refractivity contribution in [2.45, 2.75) is 149 Å². The second-order valence-electron chi connectivity index (χ2n) is 9.86. The molecule has 30 heavy (non-hydrogen) atoms. The number of hydrogen-bond donors (Lipinski definition) is 1. The smallest absolute Gasteiger partial charge is 0.220 e. The molecule has 0 bridgehead atoms. The van der Waals surface area contributed by atoms with E-state index in [1.807, 2.05) is 0 Å². The Bertz CT molecular complexity index is 406. The molecule has 0 aromatic heterocycles. The summed E-state index contributed by atoms with van der Waals surface area (Å²) in [5.74, 6) is 0.768. The van der Waals surface area contributed by atoms with Gasteiger partial charge in [-0.3, -0.25) is 9.59 Å². The van der Waals surface area contributed by atoms with Gasteiger partial charge in [-0.15, -0.1) is 0 Å². The van der Waals surface area contributed by atoms with E-state index in [4.69, 9.17) is 5.73 Å². The fourth-order valence-electron chi connectivity index (χ4n) is 4.30. The van der Waals surface area contributed by atoms with E-state index >= 15 is 0 Å². The van der Waals surface area contributed by atoms with E-state index in [0.29, 0.717) is 18.1 Å². The first kappa shape index (κ1) is 29.1. The normalized spacial score (nSPS) is 12.4. The van der Waals surface area contributed by atoms with E-state index in [2.05, 4.69) is 20.8 Å². The van der Waals surface area contributed by atoms with Crippen LogP contribution in [-0.2, 0) is 9.59 Å². The van der Waals surface area contributed by atoms with Gasteiger partial charge < -0.3 is 5.73 Å². The van der Waals surface area contributed by atoms with Gasteiger partial charge in [-0.2, -0.15) is 0 Å². The van der Waals surface area contributed by atoms with Crippen LogP contribution in [-0.4, -0.2) is 11.7 Å². The Morgan fingerprint density at radius 2 is 1.03 bits per heavy atom. The lowest BCUT2D eigenvalue weighted by Crippen LogP contribution is -2.24. The summed E-state index contributed by atoms with van der Waals surface area (Å²) in [6.45, 7) is 6.53. The highest BCUT2D eigenvalue weighted by Gasteiger charge is 2.16. The molecule has 0 heterocycles. The van der Waals surface area contributed by atoms with E-state index < -0.39 is 0 Å². The number of unbranched alkanes of at least 4 members (excludes halogenated alkanes) is 14. The molecule has 1 atom stereocenters. The van der Waals surface area contributed by atoms with Gasteiger partial charge in [0.25, 0.3) is 0 Å². The molecule has 2 N–H and O–H groups in total. The zero-order chi connectivity index (χ0) is 22.5. The number of nitrogens with two attached hydrogens (primary N) is 1. The molecule has 1 amide bonds. The Labute approximate surface area is 188 Å². The average molecular weight is 424 g/mol. The molecule has 0 radical (unpaired) electrons. The summed E-state index contributed by atoms with van der Waals surface area (Å²) in [4.78, 5) is 23.5. The topological polar surface area (TPSA) is 60.2 Å². The van der Waals surface area contributed by atoms with E-state index in [1.54, 1.807) is 0 Å². The molecular weight excluding hydrogens is 370 g/mol. The van der Waals surface area contributed by atoms with Crippen molar-refractivity contribution < 1.29 is 9.59 Å². The first-order chi connectivity index (χ1) is 14.5. The zero-order valence-electron chi connectivity index (χ0n) is 20.7. The molecule has 0 spiro atoms. The number of carbonyl (C=O) groups excluding carboxylic acids is 2. The molecule has 0 aromatic rings. The average Bonchev–Trinajstić information content (AvgIpc) is 2.70. The van der Waals surface area contributed by atoms with Gasteiger partial charge in [-0.05, 0) is 31.6 Å². The molecule has 0 saturated carbocycles.